The summed E-state index contributed by atoms with van der Waals surface area (Å²) in [4.78, 5) is 12.7. The molecular weight excluding hydrogens is 306 g/mol. The Hall–Kier alpha value is -2.60. The van der Waals surface area contributed by atoms with Crippen molar-refractivity contribution < 1.29 is 9.47 Å². The lowest BCUT2D eigenvalue weighted by Gasteiger charge is -2.09. The second-order valence-corrected chi connectivity index (χ2v) is 6.09. The van der Waals surface area contributed by atoms with Crippen LogP contribution in [0.2, 0.25) is 0 Å². The van der Waals surface area contributed by atoms with Gasteiger partial charge in [-0.2, -0.15) is 0 Å². The van der Waals surface area contributed by atoms with Crippen molar-refractivity contribution in [3.63, 3.8) is 0 Å². The number of epoxide rings is 1. The van der Waals surface area contributed by atoms with E-state index < -0.39 is 0 Å². The van der Waals surface area contributed by atoms with Gasteiger partial charge in [-0.25, -0.2) is 4.68 Å². The van der Waals surface area contributed by atoms with Crippen molar-refractivity contribution in [2.45, 2.75) is 20.0 Å². The van der Waals surface area contributed by atoms with Crippen LogP contribution in [0, 0.1) is 13.8 Å². The first-order valence-corrected chi connectivity index (χ1v) is 7.96. The van der Waals surface area contributed by atoms with Crippen molar-refractivity contribution in [3.05, 3.63) is 52.1 Å². The van der Waals surface area contributed by atoms with E-state index >= 15 is 0 Å². The molecule has 1 aromatic carbocycles. The molecule has 1 aliphatic heterocycles. The van der Waals surface area contributed by atoms with E-state index in [9.17, 15) is 4.79 Å². The van der Waals surface area contributed by atoms with Gasteiger partial charge in [0.2, 0.25) is 5.88 Å². The Labute approximate surface area is 139 Å². The zero-order chi connectivity index (χ0) is 16.8. The van der Waals surface area contributed by atoms with Crippen LogP contribution in [0.15, 0.2) is 35.1 Å². The number of hydrogen-bond acceptors (Lipinski definition) is 4. The number of aromatic nitrogens is 3. The highest BCUT2D eigenvalue weighted by atomic mass is 16.6. The van der Waals surface area contributed by atoms with Gasteiger partial charge in [-0.1, -0.05) is 18.2 Å². The van der Waals surface area contributed by atoms with Crippen molar-refractivity contribution in [1.29, 1.82) is 0 Å². The number of fused-ring (bicyclic) bond motifs is 1. The maximum Gasteiger partial charge on any atom is 0.276 e. The molecule has 0 N–H and O–H groups in total. The minimum absolute atomic E-state index is 0.115. The third kappa shape index (κ3) is 2.30. The van der Waals surface area contributed by atoms with Crippen LogP contribution in [0.25, 0.3) is 16.5 Å². The second-order valence-electron chi connectivity index (χ2n) is 6.09. The zero-order valence-corrected chi connectivity index (χ0v) is 13.9. The number of benzene rings is 1. The Kier molecular flexibility index (Phi) is 3.42. The first-order chi connectivity index (χ1) is 11.6. The molecule has 6 heteroatoms. The quantitative estimate of drug-likeness (QED) is 0.689. The molecule has 0 saturated carbocycles. The predicted molar refractivity (Wildman–Crippen MR) is 91.0 cm³/mol. The summed E-state index contributed by atoms with van der Waals surface area (Å²) in [5, 5.41) is 5.75. The standard InChI is InChI=1S/C18H19N3O3/c1-11-15-16(12(2)21(11)13-7-5-4-6-8-13)18(22)20(3)19-17(15)24-10-14-9-23-14/h4-8,14H,9-10H2,1-3H3. The van der Waals surface area contributed by atoms with Crippen LogP contribution in [0.4, 0.5) is 0 Å². The van der Waals surface area contributed by atoms with Gasteiger partial charge in [-0.05, 0) is 26.0 Å². The fourth-order valence-electron chi connectivity index (χ4n) is 3.16. The Morgan fingerprint density at radius 2 is 1.88 bits per heavy atom. The summed E-state index contributed by atoms with van der Waals surface area (Å²) in [7, 11) is 1.65. The van der Waals surface area contributed by atoms with E-state index in [4.69, 9.17) is 9.47 Å². The largest absolute Gasteiger partial charge is 0.473 e. The van der Waals surface area contributed by atoms with Gasteiger partial charge in [-0.15, -0.1) is 5.10 Å². The smallest absolute Gasteiger partial charge is 0.276 e. The number of nitrogens with zero attached hydrogens (tertiary/aromatic N) is 3. The van der Waals surface area contributed by atoms with Gasteiger partial charge in [0.25, 0.3) is 5.56 Å². The molecule has 2 aromatic heterocycles. The van der Waals surface area contributed by atoms with Crippen LogP contribution >= 0.6 is 0 Å². The number of para-hydroxylation sites is 1. The topological polar surface area (TPSA) is 61.6 Å². The fourth-order valence-corrected chi connectivity index (χ4v) is 3.16. The van der Waals surface area contributed by atoms with Crippen molar-refractivity contribution in [2.75, 3.05) is 13.2 Å². The SMILES string of the molecule is Cc1c2c(OCC3CO3)nn(C)c(=O)c2c(C)n1-c1ccccc1. The molecule has 4 rings (SSSR count). The summed E-state index contributed by atoms with van der Waals surface area (Å²) in [6.45, 7) is 5.12. The van der Waals surface area contributed by atoms with Crippen LogP contribution in [-0.4, -0.2) is 33.7 Å². The third-order valence-corrected chi connectivity index (χ3v) is 4.43. The zero-order valence-electron chi connectivity index (χ0n) is 13.9. The summed E-state index contributed by atoms with van der Waals surface area (Å²) in [6.07, 6.45) is 0.136. The molecule has 0 bridgehead atoms. The van der Waals surface area contributed by atoms with Crippen molar-refractivity contribution in [3.8, 4) is 11.6 Å². The monoisotopic (exact) mass is 325 g/mol. The molecule has 0 radical (unpaired) electrons. The molecule has 1 atom stereocenters. The molecule has 1 saturated heterocycles. The summed E-state index contributed by atoms with van der Waals surface area (Å²) >= 11 is 0. The molecule has 0 aliphatic carbocycles. The highest BCUT2D eigenvalue weighted by Crippen LogP contribution is 2.32. The highest BCUT2D eigenvalue weighted by molar-refractivity contribution is 5.92. The minimum Gasteiger partial charge on any atom is -0.473 e. The molecule has 3 heterocycles. The lowest BCUT2D eigenvalue weighted by molar-refractivity contribution is 0.253. The average Bonchev–Trinajstić information content (AvgIpc) is 3.36. The molecule has 6 nitrogen and oxygen atoms in total. The van der Waals surface area contributed by atoms with E-state index in [-0.39, 0.29) is 11.7 Å². The van der Waals surface area contributed by atoms with Crippen LogP contribution < -0.4 is 10.3 Å². The van der Waals surface area contributed by atoms with Gasteiger partial charge in [0.05, 0.1) is 17.4 Å². The van der Waals surface area contributed by atoms with Crippen LogP contribution in [0.3, 0.4) is 0 Å². The van der Waals surface area contributed by atoms with E-state index in [1.54, 1.807) is 7.05 Å². The maximum atomic E-state index is 12.7. The van der Waals surface area contributed by atoms with Crippen LogP contribution in [-0.2, 0) is 11.8 Å². The van der Waals surface area contributed by atoms with Gasteiger partial charge >= 0.3 is 0 Å². The molecule has 1 aliphatic rings. The number of ether oxygens (including phenoxy) is 2. The normalized spacial score (nSPS) is 16.5. The van der Waals surface area contributed by atoms with E-state index in [1.165, 1.54) is 4.68 Å². The lowest BCUT2D eigenvalue weighted by Crippen LogP contribution is -2.21. The lowest BCUT2D eigenvalue weighted by atomic mass is 10.2. The number of aryl methyl sites for hydroxylation is 3. The molecule has 0 amide bonds. The fraction of sp³-hybridized carbons (Fsp3) is 0.333. The van der Waals surface area contributed by atoms with Gasteiger partial charge in [0, 0.05) is 24.1 Å². The Morgan fingerprint density at radius 1 is 1.21 bits per heavy atom. The van der Waals surface area contributed by atoms with E-state index in [1.807, 2.05) is 44.2 Å². The molecule has 3 aromatic rings. The molecule has 0 spiro atoms. The van der Waals surface area contributed by atoms with E-state index in [2.05, 4.69) is 9.67 Å². The number of rotatable bonds is 4. The summed E-state index contributed by atoms with van der Waals surface area (Å²) < 4.78 is 14.5. The minimum atomic E-state index is -0.115. The van der Waals surface area contributed by atoms with Gasteiger partial charge in [0.15, 0.2) is 0 Å². The third-order valence-electron chi connectivity index (χ3n) is 4.43. The van der Waals surface area contributed by atoms with Crippen molar-refractivity contribution in [1.82, 2.24) is 14.3 Å². The van der Waals surface area contributed by atoms with Gasteiger partial charge < -0.3 is 14.0 Å². The molecule has 24 heavy (non-hydrogen) atoms. The van der Waals surface area contributed by atoms with Gasteiger partial charge in [0.1, 0.15) is 12.7 Å². The van der Waals surface area contributed by atoms with Crippen molar-refractivity contribution in [2.24, 2.45) is 7.05 Å². The first kappa shape index (κ1) is 15.0. The van der Waals surface area contributed by atoms with E-state index in [0.29, 0.717) is 17.9 Å². The predicted octanol–water partition coefficient (Wildman–Crippen LogP) is 2.12. The van der Waals surface area contributed by atoms with Gasteiger partial charge in [-0.3, -0.25) is 4.79 Å². The summed E-state index contributed by atoms with van der Waals surface area (Å²) in [6, 6.07) is 9.99. The second kappa shape index (κ2) is 5.49. The molecule has 1 unspecified atom stereocenters. The maximum absolute atomic E-state index is 12.7. The van der Waals surface area contributed by atoms with Crippen LogP contribution in [0.1, 0.15) is 11.4 Å². The first-order valence-electron chi connectivity index (χ1n) is 7.96. The molecule has 1 fully saturated rings. The highest BCUT2D eigenvalue weighted by Gasteiger charge is 2.26. The summed E-state index contributed by atoms with van der Waals surface area (Å²) in [5.41, 5.74) is 2.74. The summed E-state index contributed by atoms with van der Waals surface area (Å²) in [5.74, 6) is 0.484. The Bertz CT molecular complexity index is 969. The molecular formula is C18H19N3O3. The van der Waals surface area contributed by atoms with Crippen LogP contribution in [0.5, 0.6) is 5.88 Å². The van der Waals surface area contributed by atoms with Crippen molar-refractivity contribution >= 4 is 10.8 Å². The Morgan fingerprint density at radius 3 is 2.54 bits per heavy atom. The van der Waals surface area contributed by atoms with E-state index in [0.717, 1.165) is 29.1 Å². The Balaban J connectivity index is 1.98. The molecule has 124 valence electrons. The average molecular weight is 325 g/mol. The number of hydrogen-bond donors (Lipinski definition) is 0.